The molecule has 0 N–H and O–H groups in total. The van der Waals surface area contributed by atoms with E-state index < -0.39 is 0 Å². The molecule has 0 saturated heterocycles. The maximum atomic E-state index is 5.24. The van der Waals surface area contributed by atoms with Gasteiger partial charge < -0.3 is 0 Å². The van der Waals surface area contributed by atoms with Crippen molar-refractivity contribution in [2.45, 2.75) is 0 Å². The highest BCUT2D eigenvalue weighted by Crippen LogP contribution is 2.42. The highest BCUT2D eigenvalue weighted by molar-refractivity contribution is 7.00. The van der Waals surface area contributed by atoms with Crippen molar-refractivity contribution < 1.29 is 0 Å². The van der Waals surface area contributed by atoms with E-state index in [4.69, 9.17) is 23.7 Å². The summed E-state index contributed by atoms with van der Waals surface area (Å²) < 4.78 is 9.83. The van der Waals surface area contributed by atoms with E-state index in [1.807, 2.05) is 24.3 Å². The second kappa shape index (κ2) is 14.7. The predicted molar refractivity (Wildman–Crippen MR) is 244 cm³/mol. The summed E-state index contributed by atoms with van der Waals surface area (Å²) in [6, 6.07) is 69.6. The molecule has 3 heterocycles. The molecule has 0 amide bonds. The maximum Gasteiger partial charge on any atom is 0.160 e. The summed E-state index contributed by atoms with van der Waals surface area (Å²) in [6.45, 7) is 0. The summed E-state index contributed by atoms with van der Waals surface area (Å²) in [5, 5.41) is 3.18. The van der Waals surface area contributed by atoms with E-state index in [2.05, 4.69) is 176 Å². The van der Waals surface area contributed by atoms with Crippen LogP contribution in [0, 0.1) is 0 Å². The highest BCUT2D eigenvalue weighted by atomic mass is 32.1. The lowest BCUT2D eigenvalue weighted by molar-refractivity contribution is 1.18. The number of hydrogen-bond donors (Lipinski definition) is 0. The normalized spacial score (nSPS) is 11.4. The first-order valence-electron chi connectivity index (χ1n) is 19.6. The molecule has 0 saturated carbocycles. The molecular weight excluding hydrogens is 739 g/mol. The molecular formula is C53H33N5S. The van der Waals surface area contributed by atoms with Crippen molar-refractivity contribution >= 4 is 44.4 Å². The molecule has 0 spiro atoms. The minimum atomic E-state index is 0.664. The van der Waals surface area contributed by atoms with Crippen LogP contribution in [0.15, 0.2) is 200 Å². The Bertz CT molecular complexity index is 3190. The zero-order valence-electron chi connectivity index (χ0n) is 31.7. The van der Waals surface area contributed by atoms with Gasteiger partial charge in [-0.15, -0.1) is 0 Å². The van der Waals surface area contributed by atoms with Crippen molar-refractivity contribution in [2.24, 2.45) is 0 Å². The van der Waals surface area contributed by atoms with E-state index in [-0.39, 0.29) is 0 Å². The second-order valence-corrected chi connectivity index (χ2v) is 15.1. The van der Waals surface area contributed by atoms with E-state index in [0.717, 1.165) is 94.3 Å². The molecule has 3 aromatic heterocycles. The number of benzene rings is 8. The number of fused-ring (bicyclic) bond motifs is 5. The van der Waals surface area contributed by atoms with Gasteiger partial charge in [-0.2, -0.15) is 8.75 Å². The van der Waals surface area contributed by atoms with Gasteiger partial charge in [-0.25, -0.2) is 15.0 Å². The minimum absolute atomic E-state index is 0.664. The van der Waals surface area contributed by atoms with E-state index in [9.17, 15) is 0 Å². The Hall–Kier alpha value is -7.67. The molecule has 0 unspecified atom stereocenters. The van der Waals surface area contributed by atoms with Crippen LogP contribution in [0.25, 0.3) is 111 Å². The molecule has 11 rings (SSSR count). The summed E-state index contributed by atoms with van der Waals surface area (Å²) >= 11 is 1.24. The standard InChI is InChI=1S/C53H33N5S/c1-4-13-34(14-5-1)36-23-27-38(28-24-36)47-33-48(56-53(55-47)40-29-25-37(26-30-40)35-15-6-2-7-16-35)42-20-12-19-41(31-42)44-32-45-49(52-51(44)57-59-58-52)43-21-10-11-22-46(43)54-50(45)39-17-8-3-9-18-39/h1-33H. The van der Waals surface area contributed by atoms with Crippen molar-refractivity contribution in [3.63, 3.8) is 0 Å². The number of para-hydroxylation sites is 1. The molecule has 8 aromatic carbocycles. The van der Waals surface area contributed by atoms with Gasteiger partial charge in [-0.05, 0) is 52.1 Å². The average Bonchev–Trinajstić information content (AvgIpc) is 3.82. The number of nitrogens with zero attached hydrogens (tertiary/aromatic N) is 5. The molecule has 276 valence electrons. The fourth-order valence-corrected chi connectivity index (χ4v) is 8.59. The second-order valence-electron chi connectivity index (χ2n) is 14.6. The van der Waals surface area contributed by atoms with Gasteiger partial charge in [0, 0.05) is 44.0 Å². The van der Waals surface area contributed by atoms with Crippen LogP contribution < -0.4 is 0 Å². The zero-order valence-corrected chi connectivity index (χ0v) is 32.5. The average molecular weight is 772 g/mol. The SMILES string of the molecule is c1ccc(-c2ccc(-c3cc(-c4cccc(-c5cc6c(-c7ccccc7)nc7ccccc7c6c6nsnc56)c4)nc(-c4ccc(-c5ccccc5)cc4)n3)cc2)cc1. The smallest absolute Gasteiger partial charge is 0.160 e. The van der Waals surface area contributed by atoms with Gasteiger partial charge in [0.2, 0.25) is 0 Å². The number of aromatic nitrogens is 5. The summed E-state index contributed by atoms with van der Waals surface area (Å²) in [7, 11) is 0. The van der Waals surface area contributed by atoms with Gasteiger partial charge in [-0.1, -0.05) is 176 Å². The zero-order chi connectivity index (χ0) is 39.1. The third-order valence-electron chi connectivity index (χ3n) is 11.0. The van der Waals surface area contributed by atoms with Crippen molar-refractivity contribution in [3.05, 3.63) is 200 Å². The van der Waals surface area contributed by atoms with Crippen LogP contribution >= 0.6 is 11.7 Å². The van der Waals surface area contributed by atoms with Crippen LogP contribution in [-0.2, 0) is 0 Å². The fourth-order valence-electron chi connectivity index (χ4n) is 8.03. The number of hydrogen-bond acceptors (Lipinski definition) is 6. The molecule has 0 radical (unpaired) electrons. The highest BCUT2D eigenvalue weighted by Gasteiger charge is 2.20. The van der Waals surface area contributed by atoms with Crippen molar-refractivity contribution in [1.82, 2.24) is 23.7 Å². The lowest BCUT2D eigenvalue weighted by atomic mass is 9.93. The number of rotatable bonds is 7. The first-order chi connectivity index (χ1) is 29.2. The molecule has 6 heteroatoms. The summed E-state index contributed by atoms with van der Waals surface area (Å²) in [6.07, 6.45) is 0. The van der Waals surface area contributed by atoms with Gasteiger partial charge in [-0.3, -0.25) is 0 Å². The topological polar surface area (TPSA) is 64.5 Å². The number of pyridine rings is 1. The fraction of sp³-hybridized carbons (Fsp3) is 0. The Morgan fingerprint density at radius 2 is 0.831 bits per heavy atom. The first-order valence-corrected chi connectivity index (χ1v) is 20.3. The van der Waals surface area contributed by atoms with E-state index >= 15 is 0 Å². The molecule has 0 aliphatic carbocycles. The molecule has 0 aliphatic rings. The minimum Gasteiger partial charge on any atom is -0.247 e. The van der Waals surface area contributed by atoms with Gasteiger partial charge >= 0.3 is 0 Å². The van der Waals surface area contributed by atoms with Gasteiger partial charge in [0.15, 0.2) is 5.82 Å². The summed E-state index contributed by atoms with van der Waals surface area (Å²) in [5.74, 6) is 0.664. The monoisotopic (exact) mass is 771 g/mol. The molecule has 0 bridgehead atoms. The van der Waals surface area contributed by atoms with Gasteiger partial charge in [0.25, 0.3) is 0 Å². The molecule has 11 aromatic rings. The van der Waals surface area contributed by atoms with E-state index in [1.54, 1.807) is 0 Å². The Morgan fingerprint density at radius 1 is 0.322 bits per heavy atom. The quantitative estimate of drug-likeness (QED) is 0.151. The lowest BCUT2D eigenvalue weighted by Gasteiger charge is -2.14. The maximum absolute atomic E-state index is 5.24. The van der Waals surface area contributed by atoms with Gasteiger partial charge in [0.05, 0.1) is 34.3 Å². The van der Waals surface area contributed by atoms with Crippen LogP contribution in [-0.4, -0.2) is 23.7 Å². The third kappa shape index (κ3) is 6.42. The van der Waals surface area contributed by atoms with Crippen molar-refractivity contribution in [2.75, 3.05) is 0 Å². The lowest BCUT2D eigenvalue weighted by Crippen LogP contribution is -1.96. The Balaban J connectivity index is 1.07. The van der Waals surface area contributed by atoms with Crippen LogP contribution in [0.1, 0.15) is 0 Å². The Morgan fingerprint density at radius 3 is 1.51 bits per heavy atom. The van der Waals surface area contributed by atoms with Gasteiger partial charge in [0.1, 0.15) is 11.0 Å². The summed E-state index contributed by atoms with van der Waals surface area (Å²) in [4.78, 5) is 15.7. The van der Waals surface area contributed by atoms with E-state index in [1.165, 1.54) is 22.9 Å². The largest absolute Gasteiger partial charge is 0.247 e. The molecule has 0 fully saturated rings. The van der Waals surface area contributed by atoms with E-state index in [0.29, 0.717) is 5.82 Å². The van der Waals surface area contributed by atoms with Crippen LogP contribution in [0.2, 0.25) is 0 Å². The first kappa shape index (κ1) is 34.6. The van der Waals surface area contributed by atoms with Crippen LogP contribution in [0.3, 0.4) is 0 Å². The summed E-state index contributed by atoms with van der Waals surface area (Å²) in [5.41, 5.74) is 16.0. The molecule has 5 nitrogen and oxygen atoms in total. The van der Waals surface area contributed by atoms with Crippen molar-refractivity contribution in [1.29, 1.82) is 0 Å². The van der Waals surface area contributed by atoms with Crippen LogP contribution in [0.5, 0.6) is 0 Å². The molecule has 59 heavy (non-hydrogen) atoms. The Labute approximate surface area is 345 Å². The predicted octanol–water partition coefficient (Wildman–Crippen LogP) is 13.9. The molecule has 0 aliphatic heterocycles. The molecule has 0 atom stereocenters. The third-order valence-corrected chi connectivity index (χ3v) is 11.5. The van der Waals surface area contributed by atoms with Crippen molar-refractivity contribution in [3.8, 4) is 78.5 Å². The van der Waals surface area contributed by atoms with Crippen LogP contribution in [0.4, 0.5) is 0 Å². The Kier molecular flexibility index (Phi) is 8.60.